The third kappa shape index (κ3) is 5.14. The van der Waals surface area contributed by atoms with Crippen LogP contribution in [0.1, 0.15) is 28.0 Å². The number of nitrogens with zero attached hydrogens (tertiary/aromatic N) is 6. The largest absolute Gasteiger partial charge is 0.435 e. The first-order valence-corrected chi connectivity index (χ1v) is 12.3. The van der Waals surface area contributed by atoms with Gasteiger partial charge in [0.25, 0.3) is 5.91 Å². The van der Waals surface area contributed by atoms with Gasteiger partial charge in [0.1, 0.15) is 0 Å². The monoisotopic (exact) mass is 541 g/mol. The number of aryl methyl sites for hydroxylation is 1. The van der Waals surface area contributed by atoms with Crippen LogP contribution in [0.4, 0.5) is 24.7 Å². The third-order valence-electron chi connectivity index (χ3n) is 6.61. The molecule has 1 fully saturated rings. The highest BCUT2D eigenvalue weighted by Crippen LogP contribution is 2.36. The Bertz CT molecular complexity index is 1520. The molecule has 4 N–H and O–H groups in total. The molecule has 0 unspecified atom stereocenters. The minimum atomic E-state index is -4.63. The fourth-order valence-electron chi connectivity index (χ4n) is 4.64. The molecule has 1 aliphatic rings. The van der Waals surface area contributed by atoms with Crippen molar-refractivity contribution in [2.75, 3.05) is 38.0 Å². The van der Waals surface area contributed by atoms with Crippen LogP contribution in [-0.4, -0.2) is 78.9 Å². The standard InChI is InChI=1S/C25H26F3N9O2/c1-15-12-16(2-3-17(15)24(39)36-10-8-35(9-11-36)20(38)4-5-29)33-22-23-31-14-19(37(23)7-6-30-22)18-13-32-34-21(18)25(26,27)28/h2-3,6-7,12-14H,4-5,8-11,29H2,1H3,(H,30,33)(H,32,34). The Kier molecular flexibility index (Phi) is 6.95. The van der Waals surface area contributed by atoms with Gasteiger partial charge >= 0.3 is 6.18 Å². The number of H-pyrrole nitrogens is 1. The number of anilines is 2. The molecule has 5 rings (SSSR count). The lowest BCUT2D eigenvalue weighted by Crippen LogP contribution is -2.51. The number of amides is 2. The van der Waals surface area contributed by atoms with Gasteiger partial charge in [-0.05, 0) is 30.7 Å². The molecule has 0 aliphatic carbocycles. The zero-order valence-electron chi connectivity index (χ0n) is 21.0. The molecular weight excluding hydrogens is 515 g/mol. The van der Waals surface area contributed by atoms with Gasteiger partial charge in [-0.3, -0.25) is 19.1 Å². The highest BCUT2D eigenvalue weighted by atomic mass is 19.4. The maximum absolute atomic E-state index is 13.4. The number of alkyl halides is 3. The van der Waals surface area contributed by atoms with Crippen LogP contribution in [0, 0.1) is 6.92 Å². The van der Waals surface area contributed by atoms with E-state index < -0.39 is 11.9 Å². The van der Waals surface area contributed by atoms with Crippen LogP contribution in [-0.2, 0) is 11.0 Å². The van der Waals surface area contributed by atoms with Crippen molar-refractivity contribution in [3.8, 4) is 11.3 Å². The summed E-state index contributed by atoms with van der Waals surface area (Å²) < 4.78 is 41.6. The highest BCUT2D eigenvalue weighted by molar-refractivity contribution is 5.96. The van der Waals surface area contributed by atoms with Gasteiger partial charge in [-0.25, -0.2) is 9.97 Å². The number of benzene rings is 1. The molecule has 1 aliphatic heterocycles. The lowest BCUT2D eigenvalue weighted by Gasteiger charge is -2.35. The van der Waals surface area contributed by atoms with Crippen molar-refractivity contribution in [2.24, 2.45) is 5.73 Å². The summed E-state index contributed by atoms with van der Waals surface area (Å²) in [5.74, 6) is 0.205. The smallest absolute Gasteiger partial charge is 0.339 e. The second kappa shape index (κ2) is 10.4. The zero-order chi connectivity index (χ0) is 27.7. The number of nitrogens with one attached hydrogen (secondary N) is 2. The van der Waals surface area contributed by atoms with E-state index >= 15 is 0 Å². The molecule has 4 heterocycles. The maximum Gasteiger partial charge on any atom is 0.435 e. The predicted octanol–water partition coefficient (Wildman–Crippen LogP) is 2.82. The summed E-state index contributed by atoms with van der Waals surface area (Å²) in [4.78, 5) is 37.2. The third-order valence-corrected chi connectivity index (χ3v) is 6.61. The van der Waals surface area contributed by atoms with Crippen molar-refractivity contribution in [1.29, 1.82) is 0 Å². The number of aromatic nitrogens is 5. The summed E-state index contributed by atoms with van der Waals surface area (Å²) >= 11 is 0. The molecule has 11 nitrogen and oxygen atoms in total. The summed E-state index contributed by atoms with van der Waals surface area (Å²) in [6.45, 7) is 3.93. The number of nitrogens with two attached hydrogens (primary N) is 1. The molecule has 0 radical (unpaired) electrons. The molecular formula is C25H26F3N9O2. The minimum Gasteiger partial charge on any atom is -0.339 e. The van der Waals surface area contributed by atoms with Crippen LogP contribution in [0.3, 0.4) is 0 Å². The molecule has 14 heteroatoms. The maximum atomic E-state index is 13.4. The van der Waals surface area contributed by atoms with E-state index in [-0.39, 0.29) is 23.1 Å². The summed E-state index contributed by atoms with van der Waals surface area (Å²) in [6, 6.07) is 5.24. The molecule has 204 valence electrons. The Morgan fingerprint density at radius 2 is 1.87 bits per heavy atom. The Morgan fingerprint density at radius 3 is 2.56 bits per heavy atom. The Hall–Kier alpha value is -4.46. The summed E-state index contributed by atoms with van der Waals surface area (Å²) in [7, 11) is 0. The van der Waals surface area contributed by atoms with Crippen molar-refractivity contribution in [2.45, 2.75) is 19.5 Å². The molecule has 3 aromatic heterocycles. The lowest BCUT2D eigenvalue weighted by molar-refractivity contribution is -0.140. The fraction of sp³-hybridized carbons (Fsp3) is 0.320. The van der Waals surface area contributed by atoms with E-state index in [1.807, 2.05) is 6.92 Å². The molecule has 4 aromatic rings. The topological polar surface area (TPSA) is 138 Å². The van der Waals surface area contributed by atoms with Gasteiger partial charge in [-0.1, -0.05) is 0 Å². The minimum absolute atomic E-state index is 0.00464. The van der Waals surface area contributed by atoms with E-state index in [4.69, 9.17) is 5.73 Å². The average Bonchev–Trinajstić information content (AvgIpc) is 3.56. The number of fused-ring (bicyclic) bond motifs is 1. The fourth-order valence-corrected chi connectivity index (χ4v) is 4.64. The van der Waals surface area contributed by atoms with Crippen molar-refractivity contribution in [3.63, 3.8) is 0 Å². The van der Waals surface area contributed by atoms with Crippen molar-refractivity contribution in [1.82, 2.24) is 34.4 Å². The molecule has 0 saturated carbocycles. The molecule has 2 amide bonds. The summed E-state index contributed by atoms with van der Waals surface area (Å²) in [5.41, 5.74) is 6.73. The van der Waals surface area contributed by atoms with Crippen molar-refractivity contribution < 1.29 is 22.8 Å². The summed E-state index contributed by atoms with van der Waals surface area (Å²) in [5, 5.41) is 8.77. The predicted molar refractivity (Wildman–Crippen MR) is 136 cm³/mol. The van der Waals surface area contributed by atoms with Gasteiger partial charge < -0.3 is 20.9 Å². The van der Waals surface area contributed by atoms with Gasteiger partial charge in [-0.2, -0.15) is 18.3 Å². The van der Waals surface area contributed by atoms with Gasteiger partial charge in [0.2, 0.25) is 5.91 Å². The number of carbonyl (C=O) groups is 2. The first-order valence-electron chi connectivity index (χ1n) is 12.3. The van der Waals surface area contributed by atoms with E-state index in [1.165, 1.54) is 29.2 Å². The average molecular weight is 542 g/mol. The Morgan fingerprint density at radius 1 is 1.13 bits per heavy atom. The van der Waals surface area contributed by atoms with Crippen LogP contribution in [0.5, 0.6) is 0 Å². The van der Waals surface area contributed by atoms with E-state index in [0.29, 0.717) is 61.9 Å². The normalized spacial score (nSPS) is 14.2. The van der Waals surface area contributed by atoms with Crippen LogP contribution < -0.4 is 11.1 Å². The number of imidazole rings is 1. The number of hydrogen-bond donors (Lipinski definition) is 3. The second-order valence-electron chi connectivity index (χ2n) is 9.12. The number of halogens is 3. The molecule has 0 bridgehead atoms. The number of rotatable bonds is 6. The van der Waals surface area contributed by atoms with E-state index in [1.54, 1.807) is 28.0 Å². The van der Waals surface area contributed by atoms with Gasteiger partial charge in [0, 0.05) is 69.0 Å². The van der Waals surface area contributed by atoms with Gasteiger partial charge in [-0.15, -0.1) is 0 Å². The number of aromatic amines is 1. The second-order valence-corrected chi connectivity index (χ2v) is 9.12. The number of carbonyl (C=O) groups excluding carboxylic acids is 2. The van der Waals surface area contributed by atoms with E-state index in [9.17, 15) is 22.8 Å². The lowest BCUT2D eigenvalue weighted by atomic mass is 10.1. The molecule has 0 spiro atoms. The highest BCUT2D eigenvalue weighted by Gasteiger charge is 2.37. The SMILES string of the molecule is Cc1cc(Nc2nccn3c(-c4c[nH]nc4C(F)(F)F)cnc23)ccc1C(=O)N1CCN(C(=O)CCN)CC1. The van der Waals surface area contributed by atoms with Crippen molar-refractivity contribution in [3.05, 3.63) is 59.8 Å². The molecule has 1 aromatic carbocycles. The molecule has 0 atom stereocenters. The van der Waals surface area contributed by atoms with Gasteiger partial charge in [0.15, 0.2) is 17.2 Å². The zero-order valence-corrected chi connectivity index (χ0v) is 21.0. The first-order chi connectivity index (χ1) is 18.7. The number of hydrogen-bond acceptors (Lipinski definition) is 7. The quantitative estimate of drug-likeness (QED) is 0.341. The summed E-state index contributed by atoms with van der Waals surface area (Å²) in [6.07, 6.45) is 1.15. The molecule has 39 heavy (non-hydrogen) atoms. The Labute approximate surface area is 220 Å². The van der Waals surface area contributed by atoms with Crippen LogP contribution >= 0.6 is 0 Å². The molecule has 1 saturated heterocycles. The van der Waals surface area contributed by atoms with Crippen LogP contribution in [0.15, 0.2) is 43.0 Å². The van der Waals surface area contributed by atoms with E-state index in [2.05, 4.69) is 25.5 Å². The van der Waals surface area contributed by atoms with Crippen molar-refractivity contribution >= 4 is 29.0 Å². The Balaban J connectivity index is 1.33. The van der Waals surface area contributed by atoms with Gasteiger partial charge in [0.05, 0.1) is 17.5 Å². The van der Waals surface area contributed by atoms with Crippen LogP contribution in [0.25, 0.3) is 16.9 Å². The van der Waals surface area contributed by atoms with E-state index in [0.717, 1.165) is 5.56 Å². The van der Waals surface area contributed by atoms with Crippen LogP contribution in [0.2, 0.25) is 0 Å². The number of piperazine rings is 1. The first kappa shape index (κ1) is 26.2.